The van der Waals surface area contributed by atoms with E-state index < -0.39 is 16.9 Å². The minimum atomic E-state index is -0.757. The Labute approximate surface area is 161 Å². The Morgan fingerprint density at radius 1 is 1.18 bits per heavy atom. The zero-order valence-electron chi connectivity index (χ0n) is 15.4. The summed E-state index contributed by atoms with van der Waals surface area (Å²) in [5.74, 6) is -0.559. The number of benzene rings is 2. The second-order valence-electron chi connectivity index (χ2n) is 6.35. The van der Waals surface area contributed by atoms with Crippen LogP contribution in [0, 0.1) is 10.1 Å². The molecule has 1 unspecified atom stereocenters. The van der Waals surface area contributed by atoms with E-state index in [1.54, 1.807) is 14.0 Å². The molecule has 0 spiro atoms. The van der Waals surface area contributed by atoms with Gasteiger partial charge in [-0.15, -0.1) is 0 Å². The standard InChI is InChI=1S/C20H19N3O5/c1-13-17(19(24)28-12-14-6-4-3-5-7-14)18(21-20(25)22(13)2)15-8-10-16(11-9-15)23(26)27/h3-11,18H,12H2,1-2H3,(H,21,25). The number of carbonyl (C=O) groups excluding carboxylic acids is 2. The molecule has 144 valence electrons. The summed E-state index contributed by atoms with van der Waals surface area (Å²) in [5.41, 5.74) is 2.07. The van der Waals surface area contributed by atoms with Crippen molar-refractivity contribution >= 4 is 17.7 Å². The third-order valence-corrected chi connectivity index (χ3v) is 4.62. The number of nitrogens with one attached hydrogen (secondary N) is 1. The number of nitro benzene ring substituents is 1. The number of allylic oxidation sites excluding steroid dienone is 1. The normalized spacial score (nSPS) is 16.6. The van der Waals surface area contributed by atoms with Crippen molar-refractivity contribution < 1.29 is 19.2 Å². The van der Waals surface area contributed by atoms with Crippen LogP contribution in [-0.4, -0.2) is 28.9 Å². The molecule has 2 aromatic rings. The molecule has 0 saturated carbocycles. The predicted molar refractivity (Wildman–Crippen MR) is 101 cm³/mol. The monoisotopic (exact) mass is 381 g/mol. The van der Waals surface area contributed by atoms with E-state index in [-0.39, 0.29) is 23.9 Å². The maximum Gasteiger partial charge on any atom is 0.338 e. The van der Waals surface area contributed by atoms with Crippen LogP contribution in [0.2, 0.25) is 0 Å². The van der Waals surface area contributed by atoms with Gasteiger partial charge in [0, 0.05) is 24.9 Å². The van der Waals surface area contributed by atoms with Crippen LogP contribution in [0.4, 0.5) is 10.5 Å². The van der Waals surface area contributed by atoms with Crippen LogP contribution in [-0.2, 0) is 16.1 Å². The Bertz CT molecular complexity index is 938. The quantitative estimate of drug-likeness (QED) is 0.486. The van der Waals surface area contributed by atoms with E-state index in [0.717, 1.165) is 5.56 Å². The summed E-state index contributed by atoms with van der Waals surface area (Å²) in [7, 11) is 1.56. The molecule has 0 saturated heterocycles. The number of hydrogen-bond donors (Lipinski definition) is 1. The Morgan fingerprint density at radius 2 is 1.82 bits per heavy atom. The van der Waals surface area contributed by atoms with Gasteiger partial charge in [-0.3, -0.25) is 10.1 Å². The van der Waals surface area contributed by atoms with E-state index >= 15 is 0 Å². The van der Waals surface area contributed by atoms with Gasteiger partial charge < -0.3 is 15.0 Å². The van der Waals surface area contributed by atoms with Gasteiger partial charge in [-0.05, 0) is 30.2 Å². The fourth-order valence-electron chi connectivity index (χ4n) is 2.94. The number of rotatable bonds is 5. The first-order chi connectivity index (χ1) is 13.4. The highest BCUT2D eigenvalue weighted by Gasteiger charge is 2.35. The molecule has 8 heteroatoms. The lowest BCUT2D eigenvalue weighted by atomic mass is 9.95. The predicted octanol–water partition coefficient (Wildman–Crippen LogP) is 3.31. The van der Waals surface area contributed by atoms with E-state index in [1.807, 2.05) is 30.3 Å². The Kier molecular flexibility index (Phi) is 5.39. The fraction of sp³-hybridized carbons (Fsp3) is 0.200. The molecule has 0 bridgehead atoms. The molecule has 0 aliphatic carbocycles. The molecular weight excluding hydrogens is 362 g/mol. The SMILES string of the molecule is CC1=C(C(=O)OCc2ccccc2)C(c2ccc([N+](=O)[O-])cc2)NC(=O)N1C. The summed E-state index contributed by atoms with van der Waals surface area (Å²) in [6.45, 7) is 1.76. The molecule has 0 fully saturated rings. The summed E-state index contributed by atoms with van der Waals surface area (Å²) in [6, 6.07) is 13.8. The third-order valence-electron chi connectivity index (χ3n) is 4.62. The van der Waals surface area contributed by atoms with Crippen molar-refractivity contribution in [2.75, 3.05) is 7.05 Å². The number of amides is 2. The average molecular weight is 381 g/mol. The van der Waals surface area contributed by atoms with Crippen LogP contribution >= 0.6 is 0 Å². The van der Waals surface area contributed by atoms with E-state index in [1.165, 1.54) is 29.2 Å². The van der Waals surface area contributed by atoms with E-state index in [2.05, 4.69) is 5.32 Å². The summed E-state index contributed by atoms with van der Waals surface area (Å²) in [4.78, 5) is 36.8. The number of ether oxygens (including phenoxy) is 1. The van der Waals surface area contributed by atoms with Gasteiger partial charge in [-0.1, -0.05) is 30.3 Å². The molecule has 0 radical (unpaired) electrons. The molecular formula is C20H19N3O5. The molecule has 3 rings (SSSR count). The number of nitrogens with zero attached hydrogens (tertiary/aromatic N) is 2. The lowest BCUT2D eigenvalue weighted by Crippen LogP contribution is -2.46. The van der Waals surface area contributed by atoms with Gasteiger partial charge in [0.1, 0.15) is 6.61 Å². The van der Waals surface area contributed by atoms with Crippen molar-refractivity contribution in [1.82, 2.24) is 10.2 Å². The van der Waals surface area contributed by atoms with Crippen LogP contribution in [0.3, 0.4) is 0 Å². The lowest BCUT2D eigenvalue weighted by Gasteiger charge is -2.33. The van der Waals surface area contributed by atoms with Gasteiger partial charge in [0.2, 0.25) is 0 Å². The number of hydrogen-bond acceptors (Lipinski definition) is 5. The molecule has 8 nitrogen and oxygen atoms in total. The highest BCUT2D eigenvalue weighted by Crippen LogP contribution is 2.31. The summed E-state index contributed by atoms with van der Waals surface area (Å²) >= 11 is 0. The molecule has 2 aromatic carbocycles. The number of nitro groups is 1. The maximum absolute atomic E-state index is 12.8. The summed E-state index contributed by atoms with van der Waals surface area (Å²) in [6.07, 6.45) is 0. The molecule has 1 atom stereocenters. The first-order valence-corrected chi connectivity index (χ1v) is 8.59. The Balaban J connectivity index is 1.90. The second-order valence-corrected chi connectivity index (χ2v) is 6.35. The number of urea groups is 1. The fourth-order valence-corrected chi connectivity index (χ4v) is 2.94. The number of non-ortho nitro benzene ring substituents is 1. The lowest BCUT2D eigenvalue weighted by molar-refractivity contribution is -0.384. The van der Waals surface area contributed by atoms with Crippen LogP contribution in [0.1, 0.15) is 24.1 Å². The van der Waals surface area contributed by atoms with Crippen LogP contribution in [0.15, 0.2) is 65.9 Å². The number of esters is 1. The zero-order chi connectivity index (χ0) is 20.3. The maximum atomic E-state index is 12.8. The Morgan fingerprint density at radius 3 is 2.43 bits per heavy atom. The van der Waals surface area contributed by atoms with Gasteiger partial charge in [0.25, 0.3) is 5.69 Å². The van der Waals surface area contributed by atoms with Gasteiger partial charge in [-0.2, -0.15) is 0 Å². The van der Waals surface area contributed by atoms with E-state index in [9.17, 15) is 19.7 Å². The summed E-state index contributed by atoms with van der Waals surface area (Å²) in [5, 5.41) is 13.6. The average Bonchev–Trinajstić information content (AvgIpc) is 2.71. The smallest absolute Gasteiger partial charge is 0.338 e. The largest absolute Gasteiger partial charge is 0.457 e. The molecule has 2 amide bonds. The van der Waals surface area contributed by atoms with E-state index in [4.69, 9.17) is 4.74 Å². The van der Waals surface area contributed by atoms with Crippen LogP contribution in [0.25, 0.3) is 0 Å². The van der Waals surface area contributed by atoms with Gasteiger partial charge in [0.05, 0.1) is 16.5 Å². The highest BCUT2D eigenvalue weighted by atomic mass is 16.6. The molecule has 28 heavy (non-hydrogen) atoms. The molecule has 1 aliphatic rings. The van der Waals surface area contributed by atoms with Crippen LogP contribution < -0.4 is 5.32 Å². The van der Waals surface area contributed by atoms with Crippen molar-refractivity contribution in [3.05, 3.63) is 87.1 Å². The second kappa shape index (κ2) is 7.91. The first kappa shape index (κ1) is 19.1. The van der Waals surface area contributed by atoms with Crippen molar-refractivity contribution in [2.45, 2.75) is 19.6 Å². The summed E-state index contributed by atoms with van der Waals surface area (Å²) < 4.78 is 5.45. The molecule has 1 heterocycles. The van der Waals surface area contributed by atoms with Crippen LogP contribution in [0.5, 0.6) is 0 Å². The van der Waals surface area contributed by atoms with Crippen molar-refractivity contribution in [3.8, 4) is 0 Å². The topological polar surface area (TPSA) is 102 Å². The van der Waals surface area contributed by atoms with E-state index in [0.29, 0.717) is 11.3 Å². The van der Waals surface area contributed by atoms with Gasteiger partial charge >= 0.3 is 12.0 Å². The van der Waals surface area contributed by atoms with Gasteiger partial charge in [-0.25, -0.2) is 9.59 Å². The van der Waals surface area contributed by atoms with Gasteiger partial charge in [0.15, 0.2) is 0 Å². The number of carbonyl (C=O) groups is 2. The first-order valence-electron chi connectivity index (χ1n) is 8.59. The molecule has 1 N–H and O–H groups in total. The van der Waals surface area contributed by atoms with Crippen molar-refractivity contribution in [3.63, 3.8) is 0 Å². The highest BCUT2D eigenvalue weighted by molar-refractivity contribution is 5.95. The Hall–Kier alpha value is -3.68. The zero-order valence-corrected chi connectivity index (χ0v) is 15.4. The van der Waals surface area contributed by atoms with Crippen molar-refractivity contribution in [1.29, 1.82) is 0 Å². The molecule has 1 aliphatic heterocycles. The minimum absolute atomic E-state index is 0.0723. The minimum Gasteiger partial charge on any atom is -0.457 e. The molecule has 0 aromatic heterocycles. The van der Waals surface area contributed by atoms with Crippen molar-refractivity contribution in [2.24, 2.45) is 0 Å². The third kappa shape index (κ3) is 3.85.